The van der Waals surface area contributed by atoms with Gasteiger partial charge < -0.3 is 141 Å². The molecule has 774 valence electrons. The van der Waals surface area contributed by atoms with Crippen molar-refractivity contribution in [1.29, 1.82) is 0 Å². The molecule has 16 aromatic rings. The topological polar surface area (TPSA) is 566 Å². The van der Waals surface area contributed by atoms with E-state index in [1.54, 1.807) is 72.8 Å². The number of phenolic OH excluding ortho intramolecular Hbond substituents is 23. The summed E-state index contributed by atoms with van der Waals surface area (Å²) in [5.41, 5.74) is 5.46. The van der Waals surface area contributed by atoms with E-state index < -0.39 is 101 Å². The van der Waals surface area contributed by atoms with Gasteiger partial charge in [-0.3, -0.25) is 0 Å². The second kappa shape index (κ2) is 43.4. The van der Waals surface area contributed by atoms with E-state index in [1.807, 2.05) is 210 Å². The number of benzene rings is 16. The van der Waals surface area contributed by atoms with Crippen LogP contribution < -0.4 is 25.9 Å². The molecule has 28 nitrogen and oxygen atoms in total. The summed E-state index contributed by atoms with van der Waals surface area (Å²) < 4.78 is 0. The van der Waals surface area contributed by atoms with Crippen molar-refractivity contribution in [2.24, 2.45) is 0 Å². The molecule has 0 unspecified atom stereocenters. The van der Waals surface area contributed by atoms with Gasteiger partial charge in [0.25, 0.3) is 0 Å². The smallest absolute Gasteiger partial charge is 0.201 e. The third kappa shape index (κ3) is 23.5. The molecule has 0 spiro atoms. The molecule has 0 aromatic heterocycles. The molecule has 0 aliphatic heterocycles. The predicted octanol–water partition coefficient (Wildman–Crippen LogP) is 14.8. The van der Waals surface area contributed by atoms with Gasteiger partial charge in [-0.2, -0.15) is 0 Å². The van der Waals surface area contributed by atoms with E-state index in [2.05, 4.69) is 41.5 Å². The van der Waals surface area contributed by atoms with E-state index in [1.165, 1.54) is 12.1 Å². The van der Waals surface area contributed by atoms with Gasteiger partial charge in [-0.15, -0.1) is 0 Å². The van der Waals surface area contributed by atoms with Gasteiger partial charge >= 0.3 is 0 Å². The fourth-order valence-corrected chi connectivity index (χ4v) is 21.3. The summed E-state index contributed by atoms with van der Waals surface area (Å²) in [6, 6.07) is 50.2. The first-order valence-electron chi connectivity index (χ1n) is 46.8. The molecule has 0 saturated heterocycles. The molecule has 0 heterocycles. The first kappa shape index (κ1) is 114. The zero-order chi connectivity index (χ0) is 109. The Morgan fingerprint density at radius 2 is 0.421 bits per heavy atom. The first-order chi connectivity index (χ1) is 67.0. The van der Waals surface area contributed by atoms with Gasteiger partial charge in [0.05, 0.1) is 0 Å². The Hall–Kier alpha value is -14.1. The van der Waals surface area contributed by atoms with Crippen molar-refractivity contribution in [3.8, 4) is 132 Å². The molecular weight excluding hydrogens is 1930 g/mol. The zero-order valence-corrected chi connectivity index (χ0v) is 93.3. The number of rotatable bonds is 5. The summed E-state index contributed by atoms with van der Waals surface area (Å²) in [5.74, 6) is -7.55. The molecule has 33 heteroatoms. The van der Waals surface area contributed by atoms with Crippen LogP contribution in [0, 0.1) is 0 Å². The van der Waals surface area contributed by atoms with Crippen molar-refractivity contribution in [1.82, 2.24) is 0 Å². The second-order valence-electron chi connectivity index (χ2n) is 43.9. The predicted molar refractivity (Wildman–Crippen MR) is 591 cm³/mol. The maximum Gasteiger partial charge on any atom is 0.201 e. The molecule has 16 rings (SSSR count). The van der Waals surface area contributed by atoms with E-state index in [0.717, 1.165) is 55.1 Å². The van der Waals surface area contributed by atoms with Gasteiger partial charge in [-0.25, -0.2) is 0 Å². The van der Waals surface area contributed by atoms with Crippen LogP contribution in [0.1, 0.15) is 211 Å². The zero-order valence-electron chi connectivity index (χ0n) is 86.2. The molecule has 0 radical (unpaired) electrons. The van der Waals surface area contributed by atoms with Gasteiger partial charge in [-0.05, 0) is 133 Å². The molecule has 0 fully saturated rings. The van der Waals surface area contributed by atoms with Crippen LogP contribution in [0.5, 0.6) is 132 Å². The van der Waals surface area contributed by atoms with Gasteiger partial charge in [-0.1, -0.05) is 318 Å². The Morgan fingerprint density at radius 1 is 0.159 bits per heavy atom. The van der Waals surface area contributed by atoms with Crippen LogP contribution in [0.4, 0.5) is 0 Å². The Bertz CT molecular complexity index is 7550. The lowest BCUT2D eigenvalue weighted by atomic mass is 9.82. The molecule has 145 heavy (non-hydrogen) atoms. The van der Waals surface area contributed by atoms with Crippen molar-refractivity contribution in [2.75, 3.05) is 0 Å². The van der Waals surface area contributed by atoms with Crippen LogP contribution in [0.2, 0.25) is 0 Å². The molecule has 0 atom stereocenters. The molecule has 0 aliphatic rings. The summed E-state index contributed by atoms with van der Waals surface area (Å²) in [4.78, 5) is 47.1. The van der Waals surface area contributed by atoms with Crippen LogP contribution >= 0.6 is 0 Å². The summed E-state index contributed by atoms with van der Waals surface area (Å²) in [5, 5.41) is 238. The van der Waals surface area contributed by atoms with Gasteiger partial charge in [0.2, 0.25) is 28.7 Å². The summed E-state index contributed by atoms with van der Waals surface area (Å²) in [6.07, 6.45) is 0. The van der Waals surface area contributed by atoms with E-state index >= 15 is 0 Å². The van der Waals surface area contributed by atoms with E-state index in [4.69, 9.17) is 0 Å². The van der Waals surface area contributed by atoms with Crippen molar-refractivity contribution in [3.05, 3.63) is 214 Å². The van der Waals surface area contributed by atoms with E-state index in [-0.39, 0.29) is 134 Å². The minimum atomic E-state index is -1.80. The van der Waals surface area contributed by atoms with Gasteiger partial charge in [0, 0.05) is 85.4 Å². The number of fused-ring (bicyclic) bond motifs is 8. The third-order valence-corrected chi connectivity index (χ3v) is 30.0. The normalized spacial score (nSPS) is 12.4. The number of aromatic hydroxyl groups is 23. The number of hydrogen-bond donors (Lipinski definition) is 28. The maximum absolute atomic E-state index is 10.3. The van der Waals surface area contributed by atoms with Crippen LogP contribution in [-0.2, 0) is 43.3 Å². The Kier molecular flexibility index (Phi) is 34.3. The number of phenols is 23. The Balaban J connectivity index is 0.000000185. The molecule has 16 aromatic carbocycles. The Labute approximate surface area is 853 Å². The highest BCUT2D eigenvalue weighted by Gasteiger charge is 2.34. The molecule has 0 aliphatic carbocycles. The quantitative estimate of drug-likeness (QED) is 0.0432. The fourth-order valence-electron chi connectivity index (χ4n) is 17.8. The fraction of sp³-hybridized carbons (Fsp3) is 0.286. The molecular formula is C112H138O28Si5. The minimum Gasteiger partial charge on any atom is -0.507 e. The average molecular weight is 2070 g/mol. The van der Waals surface area contributed by atoms with Crippen LogP contribution in [-0.4, -0.2) is 190 Å². The standard InChI is InChI=1S/4C14H18O4Si.C14H18O3Si.3C14H16O3/c1-14(2,3)8-6-4-5-7-9(8)10(15)11(16)12(17)13(7)19-18;1-14(2,3)8-6-4-5-7-9(8)13(19-18)12(17)11(16)10(7)15;1-14(2,3)8-6-4-5-7-9(8)11(16)12(17)13(19-18)10(7)15;1-14(2,3)8-6-4-5-7-9(8)11(16)13(19-18)12(17)10(7)15;1-14(2,3)9-6-4-5-8-7-10(18-17)12(15)13(16)11(8)9;1-14(2,3)10-6-4-5-8-9(10)7-11(15)13(17)12(8)16;1-14(2,3)9-6-4-5-8-7-10(15)12(16)13(17)11(8)9;1-14(2,3)10-8-6-4-5-7-9(8)11(15)13(17)12(10)16/h4*4-6,15-18H,19H2,1-3H3;4-7,15-17H,18H2,1-3H3;3*4-7,15-17H,1-3H3. The summed E-state index contributed by atoms with van der Waals surface area (Å²) >= 11 is 0. The van der Waals surface area contributed by atoms with Crippen LogP contribution in [0.25, 0.3) is 86.2 Å². The highest BCUT2D eigenvalue weighted by molar-refractivity contribution is 6.53. The lowest BCUT2D eigenvalue weighted by molar-refractivity contribution is 0.363. The van der Waals surface area contributed by atoms with Crippen LogP contribution in [0.15, 0.2) is 170 Å². The van der Waals surface area contributed by atoms with Crippen molar-refractivity contribution in [2.45, 2.75) is 209 Å². The summed E-state index contributed by atoms with van der Waals surface area (Å²) in [6.45, 7) is 48.3. The van der Waals surface area contributed by atoms with Gasteiger partial charge in [0.15, 0.2) is 141 Å². The van der Waals surface area contributed by atoms with E-state index in [9.17, 15) is 141 Å². The van der Waals surface area contributed by atoms with Crippen molar-refractivity contribution < 1.29 is 141 Å². The van der Waals surface area contributed by atoms with E-state index in [0.29, 0.717) is 91.1 Å². The highest BCUT2D eigenvalue weighted by atomic mass is 28.2. The highest BCUT2D eigenvalue weighted by Crippen LogP contribution is 2.53. The second-order valence-corrected chi connectivity index (χ2v) is 49.1. The average Bonchev–Trinajstić information content (AvgIpc) is 0.748. The van der Waals surface area contributed by atoms with Crippen molar-refractivity contribution in [3.63, 3.8) is 0 Å². The van der Waals surface area contributed by atoms with Crippen molar-refractivity contribution >= 4 is 161 Å². The molecule has 0 bridgehead atoms. The maximum atomic E-state index is 10.3. The first-order valence-corrected chi connectivity index (χ1v) is 53.5. The molecule has 0 amide bonds. The lowest BCUT2D eigenvalue weighted by Gasteiger charge is -2.23. The third-order valence-electron chi connectivity index (χ3n) is 25.2. The molecule has 0 saturated carbocycles. The van der Waals surface area contributed by atoms with Gasteiger partial charge in [0.1, 0.15) is 11.5 Å². The largest absolute Gasteiger partial charge is 0.507 e. The lowest BCUT2D eigenvalue weighted by Crippen LogP contribution is -2.21. The SMILES string of the molecule is CC(C)(C)c1c(O)c(O)c(O)c2ccccc12.CC(C)(C)c1cccc2c(O)c(O)c(O)c([SiH2]O)c12.CC(C)(C)c1cccc2c(O)c(O)c(O)cc12.CC(C)(C)c1cccc2c(O)c(O)c([SiH2]O)c(O)c12.CC(C)(C)c1cccc2c(O)c([SiH2]O)c(O)c(O)c12.CC(C)(C)c1cccc2c([SiH2]O)c(O)c(O)c(O)c12.CC(C)(C)c1cccc2cc(O)c(O)c(O)c12.CC(C)(C)c1cccc2cc([SiH2]O)c(O)c(O)c12. The monoisotopic (exact) mass is 2070 g/mol. The Morgan fingerprint density at radius 3 is 0.848 bits per heavy atom. The number of hydrogen-bond acceptors (Lipinski definition) is 28. The van der Waals surface area contributed by atoms with Crippen LogP contribution in [0.3, 0.4) is 0 Å². The molecule has 28 N–H and O–H groups in total. The summed E-state index contributed by atoms with van der Waals surface area (Å²) in [7, 11) is -8.46. The minimum absolute atomic E-state index is 0.0797.